The van der Waals surface area contributed by atoms with Gasteiger partial charge in [0.2, 0.25) is 0 Å². The van der Waals surface area contributed by atoms with Crippen molar-refractivity contribution >= 4 is 0 Å². The highest BCUT2D eigenvalue weighted by Crippen LogP contribution is 2.33. The standard InChI is InChI=1S/C18H22N2/c1-12-8-15(18(3,4)5)9-13(2)17(12)16(10-19)14-6-7-20-11-14/h6-9,11,16,20H,1-5H3. The van der Waals surface area contributed by atoms with Crippen molar-refractivity contribution < 1.29 is 0 Å². The number of nitrogens with zero attached hydrogens (tertiary/aromatic N) is 1. The number of aromatic nitrogens is 1. The number of nitriles is 1. The third kappa shape index (κ3) is 2.63. The van der Waals surface area contributed by atoms with Gasteiger partial charge in [0.1, 0.15) is 0 Å². The third-order valence-corrected chi connectivity index (χ3v) is 3.83. The minimum absolute atomic E-state index is 0.129. The Balaban J connectivity index is 2.56. The molecule has 0 aliphatic heterocycles. The van der Waals surface area contributed by atoms with Gasteiger partial charge in [0, 0.05) is 12.4 Å². The van der Waals surface area contributed by atoms with Gasteiger partial charge < -0.3 is 4.98 Å². The number of rotatable bonds is 2. The number of aromatic amines is 1. The molecule has 104 valence electrons. The molecule has 1 N–H and O–H groups in total. The van der Waals surface area contributed by atoms with E-state index in [2.05, 4.69) is 57.8 Å². The van der Waals surface area contributed by atoms with E-state index in [-0.39, 0.29) is 11.3 Å². The lowest BCUT2D eigenvalue weighted by Gasteiger charge is -2.23. The Hall–Kier alpha value is -2.01. The van der Waals surface area contributed by atoms with Crippen LogP contribution in [-0.4, -0.2) is 4.98 Å². The number of H-pyrrole nitrogens is 1. The Morgan fingerprint density at radius 3 is 2.15 bits per heavy atom. The van der Waals surface area contributed by atoms with E-state index in [0.29, 0.717) is 0 Å². The fourth-order valence-corrected chi connectivity index (χ4v) is 2.69. The first-order valence-electron chi connectivity index (χ1n) is 6.98. The topological polar surface area (TPSA) is 39.6 Å². The van der Waals surface area contributed by atoms with Crippen molar-refractivity contribution in [2.24, 2.45) is 0 Å². The van der Waals surface area contributed by atoms with Gasteiger partial charge >= 0.3 is 0 Å². The van der Waals surface area contributed by atoms with E-state index in [1.165, 1.54) is 16.7 Å². The summed E-state index contributed by atoms with van der Waals surface area (Å²) in [5, 5.41) is 9.57. The van der Waals surface area contributed by atoms with E-state index in [1.807, 2.05) is 18.5 Å². The van der Waals surface area contributed by atoms with Gasteiger partial charge in [0.05, 0.1) is 12.0 Å². The molecule has 0 aliphatic rings. The number of hydrogen-bond acceptors (Lipinski definition) is 1. The van der Waals surface area contributed by atoms with Crippen molar-refractivity contribution in [1.29, 1.82) is 5.26 Å². The van der Waals surface area contributed by atoms with Crippen molar-refractivity contribution in [1.82, 2.24) is 4.98 Å². The second-order valence-electron chi connectivity index (χ2n) is 6.48. The van der Waals surface area contributed by atoms with E-state index in [9.17, 15) is 5.26 Å². The lowest BCUT2D eigenvalue weighted by molar-refractivity contribution is 0.588. The van der Waals surface area contributed by atoms with E-state index in [4.69, 9.17) is 0 Å². The molecule has 1 aromatic carbocycles. The molecule has 1 aromatic heterocycles. The van der Waals surface area contributed by atoms with Crippen LogP contribution in [0.4, 0.5) is 0 Å². The van der Waals surface area contributed by atoms with Gasteiger partial charge in [-0.05, 0) is 53.1 Å². The zero-order chi connectivity index (χ0) is 14.9. The molecule has 1 atom stereocenters. The Labute approximate surface area is 121 Å². The van der Waals surface area contributed by atoms with Crippen LogP contribution >= 0.6 is 0 Å². The summed E-state index contributed by atoms with van der Waals surface area (Å²) in [5.74, 6) is -0.199. The molecule has 0 amide bonds. The summed E-state index contributed by atoms with van der Waals surface area (Å²) in [7, 11) is 0. The quantitative estimate of drug-likeness (QED) is 0.848. The Bertz CT molecular complexity index is 614. The highest BCUT2D eigenvalue weighted by Gasteiger charge is 2.21. The number of aryl methyl sites for hydroxylation is 2. The van der Waals surface area contributed by atoms with Crippen LogP contribution in [0.5, 0.6) is 0 Å². The smallest absolute Gasteiger partial charge is 0.0982 e. The van der Waals surface area contributed by atoms with Crippen LogP contribution < -0.4 is 0 Å². The van der Waals surface area contributed by atoms with Gasteiger partial charge in [0.25, 0.3) is 0 Å². The van der Waals surface area contributed by atoms with Gasteiger partial charge in [-0.2, -0.15) is 5.26 Å². The van der Waals surface area contributed by atoms with Crippen molar-refractivity contribution in [2.45, 2.75) is 46.0 Å². The predicted octanol–water partition coefficient (Wildman–Crippen LogP) is 4.58. The summed E-state index contributed by atoms with van der Waals surface area (Å²) in [5.41, 5.74) is 6.01. The van der Waals surface area contributed by atoms with Gasteiger partial charge in [0.15, 0.2) is 0 Å². The van der Waals surface area contributed by atoms with Crippen LogP contribution in [0.15, 0.2) is 30.6 Å². The Morgan fingerprint density at radius 2 is 1.75 bits per heavy atom. The average Bonchev–Trinajstić information content (AvgIpc) is 2.85. The summed E-state index contributed by atoms with van der Waals surface area (Å²) in [6, 6.07) is 8.86. The van der Waals surface area contributed by atoms with Crippen LogP contribution in [0.3, 0.4) is 0 Å². The number of benzene rings is 1. The molecule has 0 radical (unpaired) electrons. The van der Waals surface area contributed by atoms with Crippen LogP contribution in [0, 0.1) is 25.2 Å². The fraction of sp³-hybridized carbons (Fsp3) is 0.389. The van der Waals surface area contributed by atoms with E-state index < -0.39 is 0 Å². The zero-order valence-electron chi connectivity index (χ0n) is 12.9. The van der Waals surface area contributed by atoms with Crippen molar-refractivity contribution in [3.63, 3.8) is 0 Å². The highest BCUT2D eigenvalue weighted by atomic mass is 14.6. The molecule has 0 fully saturated rings. The molecule has 2 rings (SSSR count). The van der Waals surface area contributed by atoms with Crippen LogP contribution in [0.25, 0.3) is 0 Å². The van der Waals surface area contributed by atoms with Gasteiger partial charge in [-0.15, -0.1) is 0 Å². The van der Waals surface area contributed by atoms with Gasteiger partial charge in [-0.1, -0.05) is 32.9 Å². The minimum Gasteiger partial charge on any atom is -0.367 e. The second-order valence-corrected chi connectivity index (χ2v) is 6.48. The lowest BCUT2D eigenvalue weighted by atomic mass is 9.80. The Morgan fingerprint density at radius 1 is 1.15 bits per heavy atom. The molecule has 20 heavy (non-hydrogen) atoms. The first-order valence-corrected chi connectivity index (χ1v) is 6.98. The maximum Gasteiger partial charge on any atom is 0.0982 e. The monoisotopic (exact) mass is 266 g/mol. The summed E-state index contributed by atoms with van der Waals surface area (Å²) in [4.78, 5) is 3.04. The largest absolute Gasteiger partial charge is 0.367 e. The summed E-state index contributed by atoms with van der Waals surface area (Å²) in [6.07, 6.45) is 3.78. The number of hydrogen-bond donors (Lipinski definition) is 1. The summed E-state index contributed by atoms with van der Waals surface area (Å²) >= 11 is 0. The minimum atomic E-state index is -0.199. The molecule has 0 aliphatic carbocycles. The highest BCUT2D eigenvalue weighted by molar-refractivity contribution is 5.48. The third-order valence-electron chi connectivity index (χ3n) is 3.83. The molecule has 0 saturated heterocycles. The van der Waals surface area contributed by atoms with Crippen molar-refractivity contribution in [3.05, 3.63) is 58.4 Å². The van der Waals surface area contributed by atoms with Crippen LogP contribution in [0.2, 0.25) is 0 Å². The van der Waals surface area contributed by atoms with Crippen LogP contribution in [-0.2, 0) is 5.41 Å². The lowest BCUT2D eigenvalue weighted by Crippen LogP contribution is -2.13. The molecule has 2 nitrogen and oxygen atoms in total. The average molecular weight is 266 g/mol. The SMILES string of the molecule is Cc1cc(C(C)(C)C)cc(C)c1C(C#N)c1cc[nH]c1. The first-order chi connectivity index (χ1) is 9.34. The predicted molar refractivity (Wildman–Crippen MR) is 82.9 cm³/mol. The summed E-state index contributed by atoms with van der Waals surface area (Å²) < 4.78 is 0. The van der Waals surface area contributed by atoms with Gasteiger partial charge in [-0.3, -0.25) is 0 Å². The van der Waals surface area contributed by atoms with E-state index in [1.54, 1.807) is 0 Å². The van der Waals surface area contributed by atoms with Gasteiger partial charge in [-0.25, -0.2) is 0 Å². The molecule has 1 heterocycles. The second kappa shape index (κ2) is 5.17. The molecule has 2 aromatic rings. The molecule has 1 unspecified atom stereocenters. The molecule has 0 bridgehead atoms. The molecule has 0 saturated carbocycles. The van der Waals surface area contributed by atoms with E-state index in [0.717, 1.165) is 11.1 Å². The Kier molecular flexibility index (Phi) is 3.72. The van der Waals surface area contributed by atoms with Crippen molar-refractivity contribution in [2.75, 3.05) is 0 Å². The molecular weight excluding hydrogens is 244 g/mol. The fourth-order valence-electron chi connectivity index (χ4n) is 2.69. The zero-order valence-corrected chi connectivity index (χ0v) is 12.9. The number of nitrogens with one attached hydrogen (secondary N) is 1. The maximum absolute atomic E-state index is 9.57. The molecular formula is C18H22N2. The van der Waals surface area contributed by atoms with Crippen LogP contribution in [0.1, 0.15) is 54.5 Å². The van der Waals surface area contributed by atoms with Crippen molar-refractivity contribution in [3.8, 4) is 6.07 Å². The summed E-state index contributed by atoms with van der Waals surface area (Å²) in [6.45, 7) is 10.9. The first kappa shape index (κ1) is 14.4. The molecule has 0 spiro atoms. The normalized spacial score (nSPS) is 13.0. The molecule has 2 heteroatoms. The maximum atomic E-state index is 9.57. The van der Waals surface area contributed by atoms with E-state index >= 15 is 0 Å².